The summed E-state index contributed by atoms with van der Waals surface area (Å²) in [4.78, 5) is 14.1. The molecule has 0 saturated carbocycles. The highest BCUT2D eigenvalue weighted by Gasteiger charge is 2.28. The van der Waals surface area contributed by atoms with E-state index in [1.54, 1.807) is 0 Å². The fraction of sp³-hybridized carbons (Fsp3) is 0.632. The number of hydrogen-bond donors (Lipinski definition) is 1. The Morgan fingerprint density at radius 1 is 1.35 bits per heavy atom. The van der Waals surface area contributed by atoms with Crippen LogP contribution in [0, 0.1) is 6.92 Å². The van der Waals surface area contributed by atoms with Gasteiger partial charge in [-0.05, 0) is 58.6 Å². The minimum Gasteiger partial charge on any atom is -0.444 e. The second-order valence-corrected chi connectivity index (χ2v) is 7.51. The summed E-state index contributed by atoms with van der Waals surface area (Å²) in [5.74, 6) is 0. The normalized spacial score (nSPS) is 20.2. The zero-order chi connectivity index (χ0) is 17.0. The number of nitrogens with one attached hydrogen (secondary N) is 1. The Balaban J connectivity index is 1.94. The Hall–Kier alpha value is -1.55. The van der Waals surface area contributed by atoms with Crippen LogP contribution >= 0.6 is 0 Å². The molecule has 1 fully saturated rings. The van der Waals surface area contributed by atoms with Gasteiger partial charge in [-0.15, -0.1) is 0 Å². The number of hydrogen-bond acceptors (Lipinski definition) is 3. The third-order valence-electron chi connectivity index (χ3n) is 4.21. The smallest absolute Gasteiger partial charge is 0.410 e. The van der Waals surface area contributed by atoms with Crippen LogP contribution in [0.1, 0.15) is 57.7 Å². The van der Waals surface area contributed by atoms with E-state index in [2.05, 4.69) is 43.4 Å². The molecular weight excluding hydrogens is 288 g/mol. The zero-order valence-electron chi connectivity index (χ0n) is 15.1. The monoisotopic (exact) mass is 318 g/mol. The van der Waals surface area contributed by atoms with Gasteiger partial charge >= 0.3 is 6.09 Å². The van der Waals surface area contributed by atoms with E-state index in [0.29, 0.717) is 12.6 Å². The van der Waals surface area contributed by atoms with E-state index in [4.69, 9.17) is 4.74 Å². The molecule has 1 aromatic carbocycles. The summed E-state index contributed by atoms with van der Waals surface area (Å²) in [6.45, 7) is 11.5. The molecule has 0 bridgehead atoms. The van der Waals surface area contributed by atoms with Gasteiger partial charge in [0.25, 0.3) is 0 Å². The number of aryl methyl sites for hydroxylation is 1. The number of likely N-dealkylation sites (tertiary alicyclic amines) is 1. The number of benzene rings is 1. The molecule has 1 N–H and O–H groups in total. The topological polar surface area (TPSA) is 41.6 Å². The van der Waals surface area contributed by atoms with E-state index in [9.17, 15) is 4.79 Å². The Morgan fingerprint density at radius 2 is 2.04 bits per heavy atom. The molecule has 1 aliphatic heterocycles. The minimum absolute atomic E-state index is 0.201. The summed E-state index contributed by atoms with van der Waals surface area (Å²) in [6.07, 6.45) is 1.90. The highest BCUT2D eigenvalue weighted by atomic mass is 16.6. The average molecular weight is 318 g/mol. The molecule has 4 heteroatoms. The van der Waals surface area contributed by atoms with Gasteiger partial charge in [-0.25, -0.2) is 4.79 Å². The van der Waals surface area contributed by atoms with E-state index in [-0.39, 0.29) is 12.1 Å². The first-order chi connectivity index (χ1) is 10.8. The SMILES string of the molecule is Cc1ccccc1[C@H](C)NC1CCCN(C(=O)OC(C)(C)C)C1. The standard InChI is InChI=1S/C19H30N2O2/c1-14-9-6-7-11-17(14)15(2)20-16-10-8-12-21(13-16)18(22)23-19(3,4)5/h6-7,9,11,15-16,20H,8,10,12-13H2,1-5H3/t15-,16?/m0/s1. The highest BCUT2D eigenvalue weighted by Crippen LogP contribution is 2.21. The number of piperidine rings is 1. The molecule has 0 aromatic heterocycles. The van der Waals surface area contributed by atoms with Crippen LogP contribution in [-0.4, -0.2) is 35.7 Å². The van der Waals surface area contributed by atoms with Gasteiger partial charge in [0.1, 0.15) is 5.60 Å². The lowest BCUT2D eigenvalue weighted by molar-refractivity contribution is 0.0184. The van der Waals surface area contributed by atoms with Crippen molar-refractivity contribution in [3.8, 4) is 0 Å². The van der Waals surface area contributed by atoms with Crippen molar-refractivity contribution in [1.29, 1.82) is 0 Å². The maximum atomic E-state index is 12.2. The Morgan fingerprint density at radius 3 is 2.70 bits per heavy atom. The maximum absolute atomic E-state index is 12.2. The first-order valence-electron chi connectivity index (χ1n) is 8.56. The highest BCUT2D eigenvalue weighted by molar-refractivity contribution is 5.68. The molecule has 1 aromatic rings. The molecule has 0 radical (unpaired) electrons. The van der Waals surface area contributed by atoms with Crippen molar-refractivity contribution in [3.05, 3.63) is 35.4 Å². The molecule has 4 nitrogen and oxygen atoms in total. The quantitative estimate of drug-likeness (QED) is 0.914. The van der Waals surface area contributed by atoms with Crippen LogP contribution in [-0.2, 0) is 4.74 Å². The molecule has 2 atom stereocenters. The van der Waals surface area contributed by atoms with Crippen molar-refractivity contribution >= 4 is 6.09 Å². The molecule has 1 heterocycles. The lowest BCUT2D eigenvalue weighted by Crippen LogP contribution is -2.49. The van der Waals surface area contributed by atoms with Gasteiger partial charge in [0.05, 0.1) is 0 Å². The van der Waals surface area contributed by atoms with Crippen LogP contribution in [0.5, 0.6) is 0 Å². The van der Waals surface area contributed by atoms with Gasteiger partial charge in [-0.1, -0.05) is 24.3 Å². The summed E-state index contributed by atoms with van der Waals surface area (Å²) in [5, 5.41) is 3.67. The number of carbonyl (C=O) groups is 1. The van der Waals surface area contributed by atoms with E-state index in [1.165, 1.54) is 11.1 Å². The van der Waals surface area contributed by atoms with E-state index < -0.39 is 5.60 Å². The van der Waals surface area contributed by atoms with Crippen LogP contribution in [0.15, 0.2) is 24.3 Å². The number of ether oxygens (including phenoxy) is 1. The zero-order valence-corrected chi connectivity index (χ0v) is 15.1. The molecule has 1 saturated heterocycles. The summed E-state index contributed by atoms with van der Waals surface area (Å²) in [7, 11) is 0. The fourth-order valence-electron chi connectivity index (χ4n) is 3.12. The van der Waals surface area contributed by atoms with Crippen LogP contribution in [0.3, 0.4) is 0 Å². The first-order valence-corrected chi connectivity index (χ1v) is 8.56. The van der Waals surface area contributed by atoms with Crippen LogP contribution in [0.4, 0.5) is 4.79 Å². The number of carbonyl (C=O) groups excluding carboxylic acids is 1. The van der Waals surface area contributed by atoms with Crippen molar-refractivity contribution in [2.24, 2.45) is 0 Å². The molecule has 1 aliphatic rings. The fourth-order valence-corrected chi connectivity index (χ4v) is 3.12. The van der Waals surface area contributed by atoms with E-state index in [1.807, 2.05) is 25.7 Å². The Labute approximate surface area is 140 Å². The number of nitrogens with zero attached hydrogens (tertiary/aromatic N) is 1. The molecule has 1 unspecified atom stereocenters. The average Bonchev–Trinajstić information content (AvgIpc) is 2.46. The van der Waals surface area contributed by atoms with Crippen LogP contribution in [0.2, 0.25) is 0 Å². The third-order valence-corrected chi connectivity index (χ3v) is 4.21. The van der Waals surface area contributed by atoms with Gasteiger partial charge in [-0.2, -0.15) is 0 Å². The van der Waals surface area contributed by atoms with Crippen molar-refractivity contribution in [2.45, 2.75) is 65.1 Å². The molecule has 0 aliphatic carbocycles. The molecule has 1 amide bonds. The number of rotatable bonds is 3. The molecular formula is C19H30N2O2. The lowest BCUT2D eigenvalue weighted by atomic mass is 9.99. The summed E-state index contributed by atoms with van der Waals surface area (Å²) < 4.78 is 5.49. The summed E-state index contributed by atoms with van der Waals surface area (Å²) >= 11 is 0. The van der Waals surface area contributed by atoms with Gasteiger partial charge in [0.15, 0.2) is 0 Å². The Bertz CT molecular complexity index is 536. The third kappa shape index (κ3) is 5.24. The van der Waals surface area contributed by atoms with Crippen molar-refractivity contribution in [1.82, 2.24) is 10.2 Å². The maximum Gasteiger partial charge on any atom is 0.410 e. The van der Waals surface area contributed by atoms with Gasteiger partial charge in [0, 0.05) is 25.2 Å². The largest absolute Gasteiger partial charge is 0.444 e. The lowest BCUT2D eigenvalue weighted by Gasteiger charge is -2.36. The van der Waals surface area contributed by atoms with E-state index in [0.717, 1.165) is 19.4 Å². The van der Waals surface area contributed by atoms with Gasteiger partial charge < -0.3 is 15.0 Å². The van der Waals surface area contributed by atoms with Gasteiger partial charge in [-0.3, -0.25) is 0 Å². The predicted molar refractivity (Wildman–Crippen MR) is 93.6 cm³/mol. The predicted octanol–water partition coefficient (Wildman–Crippen LogP) is 4.05. The first kappa shape index (κ1) is 17.8. The molecule has 23 heavy (non-hydrogen) atoms. The van der Waals surface area contributed by atoms with E-state index >= 15 is 0 Å². The Kier molecular flexibility index (Phi) is 5.69. The van der Waals surface area contributed by atoms with Crippen LogP contribution < -0.4 is 5.32 Å². The second kappa shape index (κ2) is 7.35. The van der Waals surface area contributed by atoms with Crippen molar-refractivity contribution in [2.75, 3.05) is 13.1 Å². The second-order valence-electron chi connectivity index (χ2n) is 7.51. The molecule has 2 rings (SSSR count). The molecule has 0 spiro atoms. The van der Waals surface area contributed by atoms with Crippen molar-refractivity contribution in [3.63, 3.8) is 0 Å². The minimum atomic E-state index is -0.439. The van der Waals surface area contributed by atoms with Crippen LogP contribution in [0.25, 0.3) is 0 Å². The summed E-state index contributed by atoms with van der Waals surface area (Å²) in [5.41, 5.74) is 2.18. The van der Waals surface area contributed by atoms with Crippen molar-refractivity contribution < 1.29 is 9.53 Å². The molecule has 128 valence electrons. The summed E-state index contributed by atoms with van der Waals surface area (Å²) in [6, 6.07) is 9.04. The van der Waals surface area contributed by atoms with Gasteiger partial charge in [0.2, 0.25) is 0 Å². The number of amides is 1.